The molecule has 2 nitrogen and oxygen atoms in total. The summed E-state index contributed by atoms with van der Waals surface area (Å²) in [6.07, 6.45) is 1.29. The van der Waals surface area contributed by atoms with Crippen molar-refractivity contribution in [3.05, 3.63) is 35.4 Å². The molecule has 2 heteroatoms. The van der Waals surface area contributed by atoms with E-state index in [1.807, 2.05) is 38.1 Å². The van der Waals surface area contributed by atoms with Gasteiger partial charge in [-0.15, -0.1) is 0 Å². The van der Waals surface area contributed by atoms with Crippen LogP contribution in [0.2, 0.25) is 0 Å². The van der Waals surface area contributed by atoms with Crippen LogP contribution in [-0.2, 0) is 0 Å². The average Bonchev–Trinajstić information content (AvgIpc) is 2.17. The summed E-state index contributed by atoms with van der Waals surface area (Å²) >= 11 is 0. The number of nitrogens with two attached hydrogens (primary N) is 1. The van der Waals surface area contributed by atoms with Gasteiger partial charge in [-0.05, 0) is 19.4 Å². The fraction of sp³-hybridized carbons (Fsp3) is 0.417. The van der Waals surface area contributed by atoms with E-state index in [0.29, 0.717) is 6.42 Å². The van der Waals surface area contributed by atoms with E-state index >= 15 is 0 Å². The van der Waals surface area contributed by atoms with Crippen LogP contribution >= 0.6 is 0 Å². The molecule has 0 saturated carbocycles. The van der Waals surface area contributed by atoms with Gasteiger partial charge in [-0.3, -0.25) is 4.79 Å². The Labute approximate surface area is 85.1 Å². The molecule has 0 aromatic heterocycles. The lowest BCUT2D eigenvalue weighted by molar-refractivity contribution is 0.0974. The van der Waals surface area contributed by atoms with Crippen molar-refractivity contribution in [2.75, 3.05) is 0 Å². The molecule has 0 aliphatic rings. The number of aryl methyl sites for hydroxylation is 1. The van der Waals surface area contributed by atoms with Gasteiger partial charge >= 0.3 is 0 Å². The molecule has 1 aromatic carbocycles. The van der Waals surface area contributed by atoms with Crippen LogP contribution in [-0.4, -0.2) is 11.8 Å². The van der Waals surface area contributed by atoms with E-state index in [-0.39, 0.29) is 11.8 Å². The smallest absolute Gasteiger partial charge is 0.164 e. The summed E-state index contributed by atoms with van der Waals surface area (Å²) in [4.78, 5) is 11.7. The minimum absolute atomic E-state index is 0.0111. The lowest BCUT2D eigenvalue weighted by atomic mass is 10.0. The van der Waals surface area contributed by atoms with Crippen molar-refractivity contribution >= 4 is 5.78 Å². The molecule has 1 aromatic rings. The van der Waals surface area contributed by atoms with Crippen LogP contribution in [0.25, 0.3) is 0 Å². The zero-order valence-corrected chi connectivity index (χ0v) is 8.79. The van der Waals surface area contributed by atoms with Crippen LogP contribution in [0.3, 0.4) is 0 Å². The van der Waals surface area contributed by atoms with Crippen LogP contribution in [0.5, 0.6) is 0 Å². The molecule has 14 heavy (non-hydrogen) atoms. The Hall–Kier alpha value is -1.15. The van der Waals surface area contributed by atoms with Gasteiger partial charge < -0.3 is 5.73 Å². The van der Waals surface area contributed by atoms with Crippen LogP contribution < -0.4 is 5.73 Å². The van der Waals surface area contributed by atoms with Gasteiger partial charge in [-0.1, -0.05) is 30.7 Å². The Morgan fingerprint density at radius 1 is 1.50 bits per heavy atom. The standard InChI is InChI=1S/C12H17NO/c1-3-11(13)8-12(14)10-6-4-5-9(2)7-10/h4-7,11H,3,8,13H2,1-2H3. The van der Waals surface area contributed by atoms with Gasteiger partial charge in [-0.25, -0.2) is 0 Å². The van der Waals surface area contributed by atoms with E-state index < -0.39 is 0 Å². The van der Waals surface area contributed by atoms with Crippen molar-refractivity contribution in [1.29, 1.82) is 0 Å². The summed E-state index contributed by atoms with van der Waals surface area (Å²) in [5.41, 5.74) is 7.61. The van der Waals surface area contributed by atoms with Crippen molar-refractivity contribution in [1.82, 2.24) is 0 Å². The molecule has 1 unspecified atom stereocenters. The highest BCUT2D eigenvalue weighted by molar-refractivity contribution is 5.96. The molecule has 0 aliphatic heterocycles. The maximum Gasteiger partial charge on any atom is 0.164 e. The normalized spacial score (nSPS) is 12.5. The molecule has 0 spiro atoms. The van der Waals surface area contributed by atoms with Gasteiger partial charge in [0, 0.05) is 18.0 Å². The molecule has 1 rings (SSSR count). The number of hydrogen-bond donors (Lipinski definition) is 1. The van der Waals surface area contributed by atoms with E-state index in [2.05, 4.69) is 0 Å². The Morgan fingerprint density at radius 2 is 2.21 bits per heavy atom. The Balaban J connectivity index is 2.70. The van der Waals surface area contributed by atoms with E-state index in [4.69, 9.17) is 5.73 Å². The Bertz CT molecular complexity index is 320. The first kappa shape index (κ1) is 10.9. The quantitative estimate of drug-likeness (QED) is 0.742. The Morgan fingerprint density at radius 3 is 2.79 bits per heavy atom. The minimum atomic E-state index is -0.0111. The molecule has 0 radical (unpaired) electrons. The number of benzene rings is 1. The third-order valence-electron chi connectivity index (χ3n) is 2.31. The average molecular weight is 191 g/mol. The summed E-state index contributed by atoms with van der Waals surface area (Å²) in [6.45, 7) is 3.98. The maximum absolute atomic E-state index is 11.7. The largest absolute Gasteiger partial charge is 0.327 e. The van der Waals surface area contributed by atoms with Crippen molar-refractivity contribution < 1.29 is 4.79 Å². The summed E-state index contributed by atoms with van der Waals surface area (Å²) in [7, 11) is 0. The van der Waals surface area contributed by atoms with Crippen molar-refractivity contribution in [3.63, 3.8) is 0 Å². The van der Waals surface area contributed by atoms with E-state index in [9.17, 15) is 4.79 Å². The van der Waals surface area contributed by atoms with Gasteiger partial charge in [0.05, 0.1) is 0 Å². The number of rotatable bonds is 4. The third kappa shape index (κ3) is 2.96. The third-order valence-corrected chi connectivity index (χ3v) is 2.31. The predicted octanol–water partition coefficient (Wildman–Crippen LogP) is 2.31. The van der Waals surface area contributed by atoms with Crippen molar-refractivity contribution in [2.45, 2.75) is 32.7 Å². The van der Waals surface area contributed by atoms with Crippen LogP contribution in [0.4, 0.5) is 0 Å². The van der Waals surface area contributed by atoms with E-state index in [1.54, 1.807) is 0 Å². The van der Waals surface area contributed by atoms with Crippen LogP contribution in [0.15, 0.2) is 24.3 Å². The summed E-state index contributed by atoms with van der Waals surface area (Å²) in [6, 6.07) is 7.63. The number of hydrogen-bond acceptors (Lipinski definition) is 2. The number of ketones is 1. The summed E-state index contributed by atoms with van der Waals surface area (Å²) < 4.78 is 0. The number of Topliss-reactive ketones (excluding diaryl/α,β-unsaturated/α-hetero) is 1. The first-order valence-electron chi connectivity index (χ1n) is 4.99. The monoisotopic (exact) mass is 191 g/mol. The first-order chi connectivity index (χ1) is 6.63. The van der Waals surface area contributed by atoms with Crippen LogP contribution in [0.1, 0.15) is 35.7 Å². The van der Waals surface area contributed by atoms with Crippen molar-refractivity contribution in [3.8, 4) is 0 Å². The number of carbonyl (C=O) groups excluding carboxylic acids is 1. The van der Waals surface area contributed by atoms with Crippen molar-refractivity contribution in [2.24, 2.45) is 5.73 Å². The lowest BCUT2D eigenvalue weighted by Crippen LogP contribution is -2.22. The second-order valence-corrected chi connectivity index (χ2v) is 3.67. The topological polar surface area (TPSA) is 43.1 Å². The molecular weight excluding hydrogens is 174 g/mol. The first-order valence-corrected chi connectivity index (χ1v) is 4.99. The van der Waals surface area contributed by atoms with Gasteiger partial charge in [-0.2, -0.15) is 0 Å². The SMILES string of the molecule is CCC(N)CC(=O)c1cccc(C)c1. The molecule has 0 saturated heterocycles. The molecule has 0 amide bonds. The second kappa shape index (κ2) is 4.91. The molecule has 1 atom stereocenters. The van der Waals surface area contributed by atoms with Gasteiger partial charge in [0.2, 0.25) is 0 Å². The molecule has 0 heterocycles. The maximum atomic E-state index is 11.7. The molecule has 2 N–H and O–H groups in total. The summed E-state index contributed by atoms with van der Waals surface area (Å²) in [5, 5.41) is 0. The molecular formula is C12H17NO. The Kier molecular flexibility index (Phi) is 3.84. The zero-order chi connectivity index (χ0) is 10.6. The fourth-order valence-electron chi connectivity index (χ4n) is 1.32. The number of carbonyl (C=O) groups is 1. The highest BCUT2D eigenvalue weighted by Crippen LogP contribution is 2.08. The molecule has 0 bridgehead atoms. The second-order valence-electron chi connectivity index (χ2n) is 3.67. The minimum Gasteiger partial charge on any atom is -0.327 e. The fourth-order valence-corrected chi connectivity index (χ4v) is 1.32. The predicted molar refractivity (Wildman–Crippen MR) is 58.4 cm³/mol. The van der Waals surface area contributed by atoms with Gasteiger partial charge in [0.25, 0.3) is 0 Å². The molecule has 0 aliphatic carbocycles. The highest BCUT2D eigenvalue weighted by atomic mass is 16.1. The van der Waals surface area contributed by atoms with Gasteiger partial charge in [0.1, 0.15) is 0 Å². The van der Waals surface area contributed by atoms with Crippen LogP contribution in [0, 0.1) is 6.92 Å². The highest BCUT2D eigenvalue weighted by Gasteiger charge is 2.09. The lowest BCUT2D eigenvalue weighted by Gasteiger charge is -2.07. The van der Waals surface area contributed by atoms with E-state index in [0.717, 1.165) is 17.5 Å². The summed E-state index contributed by atoms with van der Waals surface area (Å²) in [5.74, 6) is 0.142. The zero-order valence-electron chi connectivity index (χ0n) is 8.79. The van der Waals surface area contributed by atoms with E-state index in [1.165, 1.54) is 0 Å². The molecule has 0 fully saturated rings. The van der Waals surface area contributed by atoms with Gasteiger partial charge in [0.15, 0.2) is 5.78 Å². The molecule has 76 valence electrons.